The molecule has 0 spiro atoms. The second kappa shape index (κ2) is 7.23. The van der Waals surface area contributed by atoms with Crippen molar-refractivity contribution in [2.24, 2.45) is 0 Å². The fourth-order valence-corrected chi connectivity index (χ4v) is 2.85. The minimum atomic E-state index is -0.112. The lowest BCUT2D eigenvalue weighted by Crippen LogP contribution is -2.42. The van der Waals surface area contributed by atoms with Crippen LogP contribution in [-0.4, -0.2) is 44.2 Å². The minimum absolute atomic E-state index is 0.112. The molecule has 21 heavy (non-hydrogen) atoms. The molecule has 3 nitrogen and oxygen atoms in total. The molecule has 4 heteroatoms. The Morgan fingerprint density at radius 3 is 2.57 bits per heavy atom. The molecule has 1 fully saturated rings. The fraction of sp³-hybridized carbons (Fsp3) is 0.647. The van der Waals surface area contributed by atoms with Crippen LogP contribution in [-0.2, 0) is 6.54 Å². The van der Waals surface area contributed by atoms with Gasteiger partial charge in [-0.05, 0) is 50.7 Å². The van der Waals surface area contributed by atoms with Crippen molar-refractivity contribution in [1.82, 2.24) is 10.2 Å². The average Bonchev–Trinajstić information content (AvgIpc) is 2.45. The first-order chi connectivity index (χ1) is 9.97. The van der Waals surface area contributed by atoms with E-state index >= 15 is 0 Å². The largest absolute Gasteiger partial charge is 0.369 e. The summed E-state index contributed by atoms with van der Waals surface area (Å²) in [4.78, 5) is 4.45. The molecule has 0 bridgehead atoms. The molecule has 1 N–H and O–H groups in total. The van der Waals surface area contributed by atoms with Crippen molar-refractivity contribution in [3.63, 3.8) is 0 Å². The molecule has 0 unspecified atom stereocenters. The third-order valence-corrected chi connectivity index (χ3v) is 4.34. The Labute approximate surface area is 128 Å². The molecule has 0 saturated carbocycles. The van der Waals surface area contributed by atoms with E-state index in [-0.39, 0.29) is 5.82 Å². The van der Waals surface area contributed by atoms with Crippen LogP contribution in [0.4, 0.5) is 10.1 Å². The van der Waals surface area contributed by atoms with Gasteiger partial charge >= 0.3 is 0 Å². The molecular weight excluding hydrogens is 265 g/mol. The highest BCUT2D eigenvalue weighted by molar-refractivity contribution is 5.49. The molecular formula is C17H28FN3. The zero-order valence-corrected chi connectivity index (χ0v) is 13.7. The highest BCUT2D eigenvalue weighted by atomic mass is 19.1. The standard InChI is InChI=1S/C17H28FN3/c1-13(2)19-12-14-5-6-17(16(18)11-14)21(4)15-7-9-20(3)10-8-15/h5-6,11,13,15,19H,7-10,12H2,1-4H3. The summed E-state index contributed by atoms with van der Waals surface area (Å²) in [6.07, 6.45) is 2.20. The second-order valence-electron chi connectivity index (χ2n) is 6.47. The van der Waals surface area contributed by atoms with Crippen molar-refractivity contribution in [2.75, 3.05) is 32.1 Å². The van der Waals surface area contributed by atoms with Crippen LogP contribution < -0.4 is 10.2 Å². The van der Waals surface area contributed by atoms with E-state index in [2.05, 4.69) is 36.0 Å². The maximum Gasteiger partial charge on any atom is 0.146 e. The Balaban J connectivity index is 2.02. The number of nitrogens with zero attached hydrogens (tertiary/aromatic N) is 2. The number of piperidine rings is 1. The van der Waals surface area contributed by atoms with Crippen LogP contribution >= 0.6 is 0 Å². The quantitative estimate of drug-likeness (QED) is 0.900. The first-order valence-corrected chi connectivity index (χ1v) is 7.90. The number of nitrogens with one attached hydrogen (secondary N) is 1. The average molecular weight is 293 g/mol. The summed E-state index contributed by atoms with van der Waals surface area (Å²) in [7, 11) is 4.16. The molecule has 2 rings (SSSR count). The van der Waals surface area contributed by atoms with E-state index in [1.54, 1.807) is 6.07 Å². The van der Waals surface area contributed by atoms with Crippen molar-refractivity contribution in [2.45, 2.75) is 45.3 Å². The summed E-state index contributed by atoms with van der Waals surface area (Å²) in [5.74, 6) is -0.112. The predicted octanol–water partition coefficient (Wildman–Crippen LogP) is 2.85. The van der Waals surface area contributed by atoms with Gasteiger partial charge in [-0.25, -0.2) is 4.39 Å². The highest BCUT2D eigenvalue weighted by Crippen LogP contribution is 2.25. The van der Waals surface area contributed by atoms with E-state index < -0.39 is 0 Å². The lowest BCUT2D eigenvalue weighted by molar-refractivity contribution is 0.252. The van der Waals surface area contributed by atoms with Gasteiger partial charge in [0.15, 0.2) is 0 Å². The van der Waals surface area contributed by atoms with Gasteiger partial charge < -0.3 is 15.1 Å². The van der Waals surface area contributed by atoms with Gasteiger partial charge in [0, 0.05) is 25.7 Å². The Bertz CT molecular complexity index is 453. The van der Waals surface area contributed by atoms with Crippen LogP contribution in [0, 0.1) is 5.82 Å². The molecule has 0 atom stereocenters. The van der Waals surface area contributed by atoms with E-state index in [4.69, 9.17) is 0 Å². The van der Waals surface area contributed by atoms with Gasteiger partial charge in [0.1, 0.15) is 5.82 Å². The summed E-state index contributed by atoms with van der Waals surface area (Å²) in [6.45, 7) is 7.09. The third-order valence-electron chi connectivity index (χ3n) is 4.34. The van der Waals surface area contributed by atoms with Crippen molar-refractivity contribution in [1.29, 1.82) is 0 Å². The number of halogens is 1. The highest BCUT2D eigenvalue weighted by Gasteiger charge is 2.22. The van der Waals surface area contributed by atoms with Gasteiger partial charge in [-0.2, -0.15) is 0 Å². The number of likely N-dealkylation sites (tertiary alicyclic amines) is 1. The molecule has 0 aromatic heterocycles. The van der Waals surface area contributed by atoms with E-state index in [1.807, 2.05) is 19.2 Å². The van der Waals surface area contributed by atoms with Crippen molar-refractivity contribution in [3.8, 4) is 0 Å². The van der Waals surface area contributed by atoms with Gasteiger partial charge in [-0.15, -0.1) is 0 Å². The Morgan fingerprint density at radius 2 is 2.00 bits per heavy atom. The Kier molecular flexibility index (Phi) is 5.59. The molecule has 1 aromatic rings. The molecule has 1 heterocycles. The van der Waals surface area contributed by atoms with Crippen molar-refractivity contribution < 1.29 is 4.39 Å². The number of benzene rings is 1. The molecule has 0 aliphatic carbocycles. The minimum Gasteiger partial charge on any atom is -0.369 e. The van der Waals surface area contributed by atoms with Crippen molar-refractivity contribution >= 4 is 5.69 Å². The molecule has 118 valence electrons. The number of hydrogen-bond donors (Lipinski definition) is 1. The van der Waals surface area contributed by atoms with Gasteiger partial charge in [-0.3, -0.25) is 0 Å². The first-order valence-electron chi connectivity index (χ1n) is 7.90. The predicted molar refractivity (Wildman–Crippen MR) is 87.3 cm³/mol. The van der Waals surface area contributed by atoms with Crippen LogP contribution in [0.2, 0.25) is 0 Å². The van der Waals surface area contributed by atoms with Gasteiger partial charge in [0.25, 0.3) is 0 Å². The molecule has 1 aliphatic rings. The molecule has 1 aromatic carbocycles. The normalized spacial score (nSPS) is 17.4. The zero-order valence-electron chi connectivity index (χ0n) is 13.7. The van der Waals surface area contributed by atoms with E-state index in [9.17, 15) is 4.39 Å². The fourth-order valence-electron chi connectivity index (χ4n) is 2.85. The number of anilines is 1. The molecule has 1 saturated heterocycles. The third kappa shape index (κ3) is 4.42. The van der Waals surface area contributed by atoms with E-state index in [1.165, 1.54) is 0 Å². The second-order valence-corrected chi connectivity index (χ2v) is 6.47. The zero-order chi connectivity index (χ0) is 15.4. The summed E-state index contributed by atoms with van der Waals surface area (Å²) in [6, 6.07) is 6.46. The van der Waals surface area contributed by atoms with Crippen molar-refractivity contribution in [3.05, 3.63) is 29.6 Å². The maximum absolute atomic E-state index is 14.4. The van der Waals surface area contributed by atoms with Gasteiger partial charge in [-0.1, -0.05) is 19.9 Å². The lowest BCUT2D eigenvalue weighted by Gasteiger charge is -2.36. The summed E-state index contributed by atoms with van der Waals surface area (Å²) < 4.78 is 14.4. The number of hydrogen-bond acceptors (Lipinski definition) is 3. The molecule has 0 amide bonds. The summed E-state index contributed by atoms with van der Waals surface area (Å²) in [5, 5.41) is 3.32. The first kappa shape index (κ1) is 16.2. The van der Waals surface area contributed by atoms with Gasteiger partial charge in [0.2, 0.25) is 0 Å². The molecule has 0 radical (unpaired) electrons. The van der Waals surface area contributed by atoms with Crippen LogP contribution in [0.25, 0.3) is 0 Å². The van der Waals surface area contributed by atoms with E-state index in [0.717, 1.165) is 37.2 Å². The Morgan fingerprint density at radius 1 is 1.33 bits per heavy atom. The van der Waals surface area contributed by atoms with Crippen LogP contribution in [0.3, 0.4) is 0 Å². The number of rotatable bonds is 5. The maximum atomic E-state index is 14.4. The summed E-state index contributed by atoms with van der Waals surface area (Å²) >= 11 is 0. The van der Waals surface area contributed by atoms with Crippen LogP contribution in [0.1, 0.15) is 32.3 Å². The topological polar surface area (TPSA) is 18.5 Å². The van der Waals surface area contributed by atoms with Gasteiger partial charge in [0.05, 0.1) is 5.69 Å². The SMILES string of the molecule is CC(C)NCc1ccc(N(C)C2CCN(C)CC2)c(F)c1. The smallest absolute Gasteiger partial charge is 0.146 e. The van der Waals surface area contributed by atoms with Crippen LogP contribution in [0.15, 0.2) is 18.2 Å². The molecule has 1 aliphatic heterocycles. The van der Waals surface area contributed by atoms with E-state index in [0.29, 0.717) is 18.6 Å². The Hall–Kier alpha value is -1.13. The monoisotopic (exact) mass is 293 g/mol. The summed E-state index contributed by atoms with van der Waals surface area (Å²) in [5.41, 5.74) is 1.72. The lowest BCUT2D eigenvalue weighted by atomic mass is 10.0. The van der Waals surface area contributed by atoms with Crippen LogP contribution in [0.5, 0.6) is 0 Å².